The van der Waals surface area contributed by atoms with Crippen LogP contribution in [0.15, 0.2) is 65.4 Å². The van der Waals surface area contributed by atoms with Gasteiger partial charge in [-0.3, -0.25) is 4.79 Å². The van der Waals surface area contributed by atoms with Crippen molar-refractivity contribution in [3.05, 3.63) is 72.4 Å². The number of piperidine rings is 1. The van der Waals surface area contributed by atoms with Crippen LogP contribution in [0.5, 0.6) is 0 Å². The first-order chi connectivity index (χ1) is 13.8. The summed E-state index contributed by atoms with van der Waals surface area (Å²) >= 11 is 0. The van der Waals surface area contributed by atoms with Crippen molar-refractivity contribution < 1.29 is 9.32 Å². The molecule has 4 heterocycles. The fraction of sp³-hybridized carbons (Fsp3) is 0.238. The van der Waals surface area contributed by atoms with E-state index < -0.39 is 0 Å². The lowest BCUT2D eigenvalue weighted by atomic mass is 9.96. The first kappa shape index (κ1) is 16.7. The van der Waals surface area contributed by atoms with E-state index >= 15 is 0 Å². The number of rotatable bonds is 3. The van der Waals surface area contributed by atoms with E-state index in [9.17, 15) is 4.79 Å². The summed E-state index contributed by atoms with van der Waals surface area (Å²) < 4.78 is 7.23. The number of hydrogen-bond acceptors (Lipinski definition) is 5. The van der Waals surface area contributed by atoms with Gasteiger partial charge in [0.25, 0.3) is 5.91 Å². The molecule has 0 unspecified atom stereocenters. The highest BCUT2D eigenvalue weighted by atomic mass is 16.5. The van der Waals surface area contributed by atoms with Crippen molar-refractivity contribution >= 4 is 11.4 Å². The van der Waals surface area contributed by atoms with Gasteiger partial charge in [0.15, 0.2) is 0 Å². The van der Waals surface area contributed by atoms with Crippen LogP contribution in [-0.2, 0) is 0 Å². The van der Waals surface area contributed by atoms with Gasteiger partial charge in [-0.25, -0.2) is 4.52 Å². The van der Waals surface area contributed by atoms with E-state index in [1.807, 2.05) is 59.6 Å². The van der Waals surface area contributed by atoms with Crippen molar-refractivity contribution in [2.24, 2.45) is 0 Å². The van der Waals surface area contributed by atoms with Gasteiger partial charge in [0.1, 0.15) is 0 Å². The number of benzene rings is 1. The van der Waals surface area contributed by atoms with Crippen molar-refractivity contribution in [2.75, 3.05) is 13.1 Å². The highest BCUT2D eigenvalue weighted by molar-refractivity contribution is 6.00. The molecule has 0 radical (unpaired) electrons. The first-order valence-corrected chi connectivity index (χ1v) is 9.40. The number of carbonyl (C=O) groups is 1. The maximum absolute atomic E-state index is 12.9. The number of amides is 1. The van der Waals surface area contributed by atoms with Crippen molar-refractivity contribution in [2.45, 2.75) is 18.8 Å². The quantitative estimate of drug-likeness (QED) is 0.550. The maximum Gasteiger partial charge on any atom is 0.257 e. The number of carbonyl (C=O) groups excluding carboxylic acids is 1. The molecule has 1 fully saturated rings. The second-order valence-electron chi connectivity index (χ2n) is 6.98. The summed E-state index contributed by atoms with van der Waals surface area (Å²) in [6, 6.07) is 15.5. The molecule has 7 heteroatoms. The molecule has 1 aliphatic rings. The van der Waals surface area contributed by atoms with Gasteiger partial charge in [-0.1, -0.05) is 41.6 Å². The normalized spacial score (nSPS) is 15.2. The number of fused-ring (bicyclic) bond motifs is 1. The Hall–Kier alpha value is -3.48. The van der Waals surface area contributed by atoms with Crippen LogP contribution in [0.4, 0.5) is 0 Å². The van der Waals surface area contributed by atoms with Crippen LogP contribution in [0.25, 0.3) is 16.9 Å². The zero-order valence-corrected chi connectivity index (χ0v) is 15.2. The molecule has 28 heavy (non-hydrogen) atoms. The molecular formula is C21H19N5O2. The lowest BCUT2D eigenvalue weighted by Crippen LogP contribution is -2.37. The van der Waals surface area contributed by atoms with Crippen LogP contribution >= 0.6 is 0 Å². The topological polar surface area (TPSA) is 76.5 Å². The Morgan fingerprint density at radius 3 is 2.64 bits per heavy atom. The van der Waals surface area contributed by atoms with Gasteiger partial charge in [-0.2, -0.15) is 10.1 Å². The van der Waals surface area contributed by atoms with Gasteiger partial charge in [0.2, 0.25) is 11.7 Å². The highest BCUT2D eigenvalue weighted by Gasteiger charge is 2.29. The summed E-state index contributed by atoms with van der Waals surface area (Å²) in [5.74, 6) is 1.47. The predicted octanol–water partition coefficient (Wildman–Crippen LogP) is 3.40. The van der Waals surface area contributed by atoms with Crippen LogP contribution in [0.1, 0.15) is 35.0 Å². The lowest BCUT2D eigenvalue weighted by Gasteiger charge is -2.30. The third-order valence-corrected chi connectivity index (χ3v) is 5.26. The molecular weight excluding hydrogens is 354 g/mol. The minimum Gasteiger partial charge on any atom is -0.339 e. The van der Waals surface area contributed by atoms with E-state index in [0.29, 0.717) is 30.4 Å². The van der Waals surface area contributed by atoms with Crippen LogP contribution in [0.2, 0.25) is 0 Å². The molecule has 3 aromatic heterocycles. The number of nitrogens with zero attached hydrogens (tertiary/aromatic N) is 5. The summed E-state index contributed by atoms with van der Waals surface area (Å²) in [6.07, 6.45) is 5.11. The van der Waals surface area contributed by atoms with Gasteiger partial charge in [0.05, 0.1) is 17.3 Å². The molecule has 7 nitrogen and oxygen atoms in total. The number of aromatic nitrogens is 4. The smallest absolute Gasteiger partial charge is 0.257 e. The molecule has 0 N–H and O–H groups in total. The van der Waals surface area contributed by atoms with E-state index in [1.165, 1.54) is 0 Å². The Morgan fingerprint density at radius 2 is 1.82 bits per heavy atom. The first-order valence-electron chi connectivity index (χ1n) is 9.40. The molecule has 0 saturated carbocycles. The summed E-state index contributed by atoms with van der Waals surface area (Å²) in [5, 5.41) is 8.38. The van der Waals surface area contributed by atoms with Gasteiger partial charge < -0.3 is 9.42 Å². The third kappa shape index (κ3) is 2.94. The Bertz CT molecular complexity index is 1110. The summed E-state index contributed by atoms with van der Waals surface area (Å²) in [5.41, 5.74) is 2.42. The molecule has 5 rings (SSSR count). The molecule has 0 bridgehead atoms. The Kier molecular flexibility index (Phi) is 4.12. The molecule has 1 saturated heterocycles. The van der Waals surface area contributed by atoms with E-state index in [2.05, 4.69) is 15.2 Å². The molecule has 140 valence electrons. The summed E-state index contributed by atoms with van der Waals surface area (Å²) in [7, 11) is 0. The van der Waals surface area contributed by atoms with Crippen LogP contribution in [0.3, 0.4) is 0 Å². The van der Waals surface area contributed by atoms with Gasteiger partial charge in [-0.15, -0.1) is 0 Å². The monoisotopic (exact) mass is 373 g/mol. The third-order valence-electron chi connectivity index (χ3n) is 5.26. The van der Waals surface area contributed by atoms with E-state index in [0.717, 1.165) is 23.9 Å². The average molecular weight is 373 g/mol. The van der Waals surface area contributed by atoms with Crippen LogP contribution < -0.4 is 0 Å². The second kappa shape index (κ2) is 6.92. The van der Waals surface area contributed by atoms with Gasteiger partial charge >= 0.3 is 0 Å². The van der Waals surface area contributed by atoms with Crippen LogP contribution in [-0.4, -0.2) is 43.7 Å². The largest absolute Gasteiger partial charge is 0.339 e. The molecule has 0 aliphatic carbocycles. The van der Waals surface area contributed by atoms with Gasteiger partial charge in [0, 0.05) is 30.8 Å². The molecule has 1 aliphatic heterocycles. The fourth-order valence-electron chi connectivity index (χ4n) is 3.70. The average Bonchev–Trinajstić information content (AvgIpc) is 3.42. The standard InChI is InChI=1S/C21H19N5O2/c27-21(17-14-22-26-11-5-4-8-18(17)26)25-12-9-16(10-13-25)20-23-19(24-28-20)15-6-2-1-3-7-15/h1-8,11,14,16H,9-10,12-13H2. The number of likely N-dealkylation sites (tertiary alicyclic amines) is 1. The van der Waals surface area contributed by atoms with Crippen molar-refractivity contribution in [3.63, 3.8) is 0 Å². The predicted molar refractivity (Wildman–Crippen MR) is 103 cm³/mol. The Labute approximate surface area is 161 Å². The van der Waals surface area contributed by atoms with Crippen LogP contribution in [0, 0.1) is 0 Å². The van der Waals surface area contributed by atoms with E-state index in [1.54, 1.807) is 10.7 Å². The second-order valence-corrected chi connectivity index (χ2v) is 6.98. The lowest BCUT2D eigenvalue weighted by molar-refractivity contribution is 0.0706. The van der Waals surface area contributed by atoms with Gasteiger partial charge in [-0.05, 0) is 25.0 Å². The summed E-state index contributed by atoms with van der Waals surface area (Å²) in [6.45, 7) is 1.33. The zero-order chi connectivity index (χ0) is 18.9. The molecule has 0 spiro atoms. The minimum atomic E-state index is 0.0233. The maximum atomic E-state index is 12.9. The molecule has 1 aromatic carbocycles. The minimum absolute atomic E-state index is 0.0233. The SMILES string of the molecule is O=C(c1cnn2ccccc12)N1CCC(c2nc(-c3ccccc3)no2)CC1. The van der Waals surface area contributed by atoms with E-state index in [4.69, 9.17) is 4.52 Å². The highest BCUT2D eigenvalue weighted by Crippen LogP contribution is 2.29. The number of pyridine rings is 1. The van der Waals surface area contributed by atoms with Crippen molar-refractivity contribution in [3.8, 4) is 11.4 Å². The van der Waals surface area contributed by atoms with Crippen molar-refractivity contribution in [1.29, 1.82) is 0 Å². The number of hydrogen-bond donors (Lipinski definition) is 0. The zero-order valence-electron chi connectivity index (χ0n) is 15.2. The molecule has 1 amide bonds. The van der Waals surface area contributed by atoms with E-state index in [-0.39, 0.29) is 11.8 Å². The Morgan fingerprint density at radius 1 is 1.04 bits per heavy atom. The molecule has 4 aromatic rings. The molecule has 0 atom stereocenters. The Balaban J connectivity index is 1.28. The fourth-order valence-corrected chi connectivity index (χ4v) is 3.70. The van der Waals surface area contributed by atoms with Crippen molar-refractivity contribution in [1.82, 2.24) is 24.7 Å². The summed E-state index contributed by atoms with van der Waals surface area (Å²) in [4.78, 5) is 19.4.